The number of hydrogen-bond donors (Lipinski definition) is 2. The number of amides is 1. The molecule has 5 atom stereocenters. The van der Waals surface area contributed by atoms with Crippen LogP contribution in [0.3, 0.4) is 0 Å². The third-order valence-corrected chi connectivity index (χ3v) is 9.62. The second-order valence-corrected chi connectivity index (χ2v) is 13.0. The normalized spacial score (nSPS) is 21.0. The molecule has 1 fully saturated rings. The van der Waals surface area contributed by atoms with Crippen molar-refractivity contribution in [3.8, 4) is 0 Å². The summed E-state index contributed by atoms with van der Waals surface area (Å²) in [6.07, 6.45) is -0.801. The minimum absolute atomic E-state index is 0.00781. The Morgan fingerprint density at radius 2 is 1.79 bits per heavy atom. The lowest BCUT2D eigenvalue weighted by Gasteiger charge is -2.38. The molecule has 2 aromatic carbocycles. The highest BCUT2D eigenvalue weighted by Gasteiger charge is 2.59. The van der Waals surface area contributed by atoms with Gasteiger partial charge in [-0.25, -0.2) is 18.0 Å². The number of carbonyl (C=O) groups excluding carboxylic acids is 2. The van der Waals surface area contributed by atoms with Crippen LogP contribution in [0.1, 0.15) is 57.8 Å². The summed E-state index contributed by atoms with van der Waals surface area (Å²) < 4.78 is 70.9. The van der Waals surface area contributed by atoms with Crippen molar-refractivity contribution in [1.82, 2.24) is 0 Å². The molecule has 1 amide bonds. The predicted octanol–water partition coefficient (Wildman–Crippen LogP) is 5.61. The summed E-state index contributed by atoms with van der Waals surface area (Å²) in [5, 5.41) is 13.4. The molecule has 1 saturated heterocycles. The molecule has 2 N–H and O–H groups in total. The van der Waals surface area contributed by atoms with E-state index >= 15 is 0 Å². The largest absolute Gasteiger partial charge is 0.467 e. The first-order valence-corrected chi connectivity index (χ1v) is 14.9. The molecule has 3 rings (SSSR count). The molecular weight excluding hydrogens is 599 g/mol. The van der Waals surface area contributed by atoms with Crippen LogP contribution in [0, 0.1) is 29.3 Å². The van der Waals surface area contributed by atoms with Crippen LogP contribution in [-0.4, -0.2) is 57.7 Å². The standard InChI is InChI=1S/C29H35ClF3NO7S/c1-7-18(13-19(15(2)3)25(35)29(27(37)39-6)14-40-28(4,5)41-29)42(38)23-10-16(8-9-20(23)30)26(36)34-17-11-21(31)24(33)22(32)12-17/h8-12,15,18-19,25,35H,7,13-14H2,1-6H3,(H,34,36). The fraction of sp³-hybridized carbons (Fsp3) is 0.517. The highest BCUT2D eigenvalue weighted by molar-refractivity contribution is 7.85. The van der Waals surface area contributed by atoms with Crippen LogP contribution in [0.25, 0.3) is 0 Å². The average Bonchev–Trinajstić information content (AvgIpc) is 3.27. The summed E-state index contributed by atoms with van der Waals surface area (Å²) in [7, 11) is -0.605. The molecule has 232 valence electrons. The van der Waals surface area contributed by atoms with Crippen molar-refractivity contribution in [1.29, 1.82) is 0 Å². The molecule has 42 heavy (non-hydrogen) atoms. The minimum Gasteiger partial charge on any atom is -0.467 e. The first-order chi connectivity index (χ1) is 19.6. The zero-order valence-corrected chi connectivity index (χ0v) is 25.7. The van der Waals surface area contributed by atoms with E-state index in [4.69, 9.17) is 25.8 Å². The number of aliphatic hydroxyl groups excluding tert-OH is 1. The van der Waals surface area contributed by atoms with Crippen LogP contribution in [0.5, 0.6) is 0 Å². The molecule has 8 nitrogen and oxygen atoms in total. The van der Waals surface area contributed by atoms with Gasteiger partial charge < -0.3 is 24.6 Å². The first kappa shape index (κ1) is 34.0. The number of aliphatic hydroxyl groups is 1. The third kappa shape index (κ3) is 7.16. The number of halogens is 4. The smallest absolute Gasteiger partial charge is 0.343 e. The Balaban J connectivity index is 1.88. The van der Waals surface area contributed by atoms with Crippen LogP contribution in [-0.2, 0) is 29.8 Å². The number of carbonyl (C=O) groups is 2. The van der Waals surface area contributed by atoms with Gasteiger partial charge in [-0.05, 0) is 56.7 Å². The maximum absolute atomic E-state index is 13.9. The van der Waals surface area contributed by atoms with Crippen molar-refractivity contribution >= 4 is 40.0 Å². The molecule has 5 unspecified atom stereocenters. The number of methoxy groups -OCH3 is 1. The van der Waals surface area contributed by atoms with Gasteiger partial charge in [0.1, 0.15) is 0 Å². The Kier molecular flexibility index (Phi) is 10.9. The van der Waals surface area contributed by atoms with E-state index in [1.165, 1.54) is 25.3 Å². The zero-order chi connectivity index (χ0) is 31.6. The van der Waals surface area contributed by atoms with Gasteiger partial charge >= 0.3 is 5.97 Å². The first-order valence-electron chi connectivity index (χ1n) is 13.3. The number of hydrogen-bond acceptors (Lipinski definition) is 7. The molecule has 1 aliphatic heterocycles. The molecule has 13 heteroatoms. The summed E-state index contributed by atoms with van der Waals surface area (Å²) in [5.74, 6) is -8.12. The zero-order valence-electron chi connectivity index (χ0n) is 24.1. The van der Waals surface area contributed by atoms with Gasteiger partial charge in [-0.1, -0.05) is 32.4 Å². The SMILES string of the molecule is CCC(CC(C(C)C)C(O)C1(C(=O)OC)COC(C)(C)O1)S(=O)c1cc(C(=O)Nc2cc(F)c(F)c(F)c2)ccc1Cl. The summed E-state index contributed by atoms with van der Waals surface area (Å²) in [4.78, 5) is 25.8. The molecule has 0 bridgehead atoms. The van der Waals surface area contributed by atoms with Crippen molar-refractivity contribution in [2.75, 3.05) is 19.0 Å². The van der Waals surface area contributed by atoms with Crippen LogP contribution < -0.4 is 5.32 Å². The van der Waals surface area contributed by atoms with Gasteiger partial charge in [0.15, 0.2) is 23.2 Å². The van der Waals surface area contributed by atoms with E-state index in [9.17, 15) is 32.1 Å². The molecule has 0 aromatic heterocycles. The van der Waals surface area contributed by atoms with Gasteiger partial charge in [-0.3, -0.25) is 9.00 Å². The molecule has 0 aliphatic carbocycles. The molecule has 0 radical (unpaired) electrons. The fourth-order valence-electron chi connectivity index (χ4n) is 4.95. The van der Waals surface area contributed by atoms with E-state index in [1.54, 1.807) is 13.8 Å². The molecule has 1 heterocycles. The molecule has 0 saturated carbocycles. The molecular formula is C29H35ClF3NO7S. The van der Waals surface area contributed by atoms with Crippen molar-refractivity contribution in [3.63, 3.8) is 0 Å². The monoisotopic (exact) mass is 633 g/mol. The summed E-state index contributed by atoms with van der Waals surface area (Å²) in [6, 6.07) is 5.29. The van der Waals surface area contributed by atoms with Crippen molar-refractivity contribution in [2.24, 2.45) is 11.8 Å². The maximum Gasteiger partial charge on any atom is 0.343 e. The summed E-state index contributed by atoms with van der Waals surface area (Å²) in [6.45, 7) is 8.52. The topological polar surface area (TPSA) is 111 Å². The van der Waals surface area contributed by atoms with E-state index in [0.29, 0.717) is 18.6 Å². The van der Waals surface area contributed by atoms with Crippen molar-refractivity contribution < 1.29 is 46.3 Å². The van der Waals surface area contributed by atoms with Crippen molar-refractivity contribution in [3.05, 3.63) is 58.4 Å². The number of rotatable bonds is 11. The average molecular weight is 634 g/mol. The summed E-state index contributed by atoms with van der Waals surface area (Å²) in [5.41, 5.74) is -2.11. The fourth-order valence-corrected chi connectivity index (χ4v) is 6.86. The Bertz CT molecular complexity index is 1340. The van der Waals surface area contributed by atoms with Gasteiger partial charge in [0.2, 0.25) is 5.60 Å². The number of esters is 1. The highest BCUT2D eigenvalue weighted by Crippen LogP contribution is 2.41. The number of benzene rings is 2. The van der Waals surface area contributed by atoms with Gasteiger partial charge in [-0.15, -0.1) is 0 Å². The number of anilines is 1. The lowest BCUT2D eigenvalue weighted by Crippen LogP contribution is -2.57. The van der Waals surface area contributed by atoms with E-state index in [0.717, 1.165) is 0 Å². The Hall–Kier alpha value is -2.51. The van der Waals surface area contributed by atoms with E-state index in [2.05, 4.69) is 5.32 Å². The Morgan fingerprint density at radius 3 is 2.29 bits per heavy atom. The lowest BCUT2D eigenvalue weighted by atomic mass is 9.78. The second-order valence-electron chi connectivity index (χ2n) is 10.9. The third-order valence-electron chi connectivity index (χ3n) is 7.28. The van der Waals surface area contributed by atoms with E-state index in [-0.39, 0.29) is 40.1 Å². The van der Waals surface area contributed by atoms with Gasteiger partial charge in [0, 0.05) is 28.6 Å². The van der Waals surface area contributed by atoms with Crippen LogP contribution in [0.4, 0.5) is 18.9 Å². The second kappa shape index (κ2) is 13.4. The molecule has 1 aliphatic rings. The van der Waals surface area contributed by atoms with Gasteiger partial charge in [-0.2, -0.15) is 0 Å². The quantitative estimate of drug-likeness (QED) is 0.244. The lowest BCUT2D eigenvalue weighted by molar-refractivity contribution is -0.212. The van der Waals surface area contributed by atoms with Gasteiger partial charge in [0.05, 0.1) is 40.5 Å². The maximum atomic E-state index is 13.9. The van der Waals surface area contributed by atoms with Gasteiger partial charge in [0.25, 0.3) is 5.91 Å². The minimum atomic E-state index is -1.79. The van der Waals surface area contributed by atoms with Crippen molar-refractivity contribution in [2.45, 2.75) is 75.1 Å². The van der Waals surface area contributed by atoms with E-state index in [1.807, 2.05) is 20.8 Å². The predicted molar refractivity (Wildman–Crippen MR) is 151 cm³/mol. The van der Waals surface area contributed by atoms with E-state index < -0.39 is 68.8 Å². The van der Waals surface area contributed by atoms with Crippen LogP contribution in [0.2, 0.25) is 5.02 Å². The Labute approximate surface area is 250 Å². The van der Waals surface area contributed by atoms with Crippen LogP contribution >= 0.6 is 11.6 Å². The molecule has 0 spiro atoms. The number of nitrogens with one attached hydrogen (secondary N) is 1. The Morgan fingerprint density at radius 1 is 1.17 bits per heavy atom. The summed E-state index contributed by atoms with van der Waals surface area (Å²) >= 11 is 6.38. The van der Waals surface area contributed by atoms with Crippen LogP contribution in [0.15, 0.2) is 35.2 Å². The number of ether oxygens (including phenoxy) is 3. The highest BCUT2D eigenvalue weighted by atomic mass is 35.5. The molecule has 2 aromatic rings.